The van der Waals surface area contributed by atoms with Crippen LogP contribution in [0.15, 0.2) is 66.9 Å². The minimum atomic E-state index is 0.600. The van der Waals surface area contributed by atoms with Crippen LogP contribution in [0, 0.1) is 19.8 Å². The molecule has 0 aliphatic rings. The number of aromatic nitrogens is 1. The number of rotatable bonds is 8. The van der Waals surface area contributed by atoms with Gasteiger partial charge in [0.1, 0.15) is 13.1 Å². The number of hydrogen-bond acceptors (Lipinski definition) is 0. The Morgan fingerprint density at radius 2 is 1.43 bits per heavy atom. The summed E-state index contributed by atoms with van der Waals surface area (Å²) in [5.74, 6) is 0.653. The summed E-state index contributed by atoms with van der Waals surface area (Å²) in [6, 6.07) is 22.9. The molecule has 2 heteroatoms. The van der Waals surface area contributed by atoms with E-state index in [1.54, 1.807) is 4.90 Å². The molecule has 0 saturated heterocycles. The van der Waals surface area contributed by atoms with Gasteiger partial charge in [-0.2, -0.15) is 0 Å². The zero-order chi connectivity index (χ0) is 20.1. The van der Waals surface area contributed by atoms with E-state index in [2.05, 4.69) is 106 Å². The Labute approximate surface area is 170 Å². The molecule has 0 amide bonds. The second-order valence-corrected chi connectivity index (χ2v) is 8.65. The van der Waals surface area contributed by atoms with Crippen LogP contribution in [0.3, 0.4) is 0 Å². The molecule has 3 rings (SSSR count). The summed E-state index contributed by atoms with van der Waals surface area (Å²) in [6.45, 7) is 14.5. The zero-order valence-corrected chi connectivity index (χ0v) is 18.1. The average molecular weight is 376 g/mol. The van der Waals surface area contributed by atoms with Crippen LogP contribution >= 0.6 is 0 Å². The lowest BCUT2D eigenvalue weighted by Crippen LogP contribution is -3.13. The fourth-order valence-electron chi connectivity index (χ4n) is 3.94. The van der Waals surface area contributed by atoms with Crippen molar-refractivity contribution in [1.29, 1.82) is 0 Å². The molecule has 0 spiro atoms. The second-order valence-electron chi connectivity index (χ2n) is 8.65. The summed E-state index contributed by atoms with van der Waals surface area (Å²) in [6.07, 6.45) is 2.22. The lowest BCUT2D eigenvalue weighted by atomic mass is 10.0. The van der Waals surface area contributed by atoms with Crippen molar-refractivity contribution < 1.29 is 4.90 Å². The number of benzene rings is 2. The highest BCUT2D eigenvalue weighted by atomic mass is 15.2. The van der Waals surface area contributed by atoms with Crippen LogP contribution in [-0.2, 0) is 19.6 Å². The largest absolute Gasteiger partial charge is 0.342 e. The van der Waals surface area contributed by atoms with Gasteiger partial charge in [0, 0.05) is 24.2 Å². The molecule has 0 bridgehead atoms. The first-order valence-electron chi connectivity index (χ1n) is 10.5. The first kappa shape index (κ1) is 20.4. The maximum absolute atomic E-state index is 2.41. The minimum Gasteiger partial charge on any atom is -0.342 e. The Morgan fingerprint density at radius 1 is 0.786 bits per heavy atom. The highest BCUT2D eigenvalue weighted by Gasteiger charge is 2.23. The Kier molecular flexibility index (Phi) is 6.74. The van der Waals surface area contributed by atoms with Crippen molar-refractivity contribution in [2.24, 2.45) is 5.92 Å². The number of hydrogen-bond donors (Lipinski definition) is 1. The molecule has 0 fully saturated rings. The summed E-state index contributed by atoms with van der Waals surface area (Å²) in [4.78, 5) is 1.63. The van der Waals surface area contributed by atoms with E-state index in [1.165, 1.54) is 27.9 Å². The van der Waals surface area contributed by atoms with Crippen LogP contribution in [0.1, 0.15) is 48.7 Å². The van der Waals surface area contributed by atoms with Gasteiger partial charge in [0.05, 0.1) is 11.7 Å². The molecule has 0 aliphatic heterocycles. The van der Waals surface area contributed by atoms with Gasteiger partial charge in [-0.05, 0) is 38.5 Å². The molecule has 2 nitrogen and oxygen atoms in total. The molecule has 148 valence electrons. The van der Waals surface area contributed by atoms with Crippen LogP contribution in [0.4, 0.5) is 0 Å². The normalized spacial score (nSPS) is 13.6. The first-order chi connectivity index (χ1) is 13.4. The second kappa shape index (κ2) is 9.25. The van der Waals surface area contributed by atoms with Crippen LogP contribution in [0.25, 0.3) is 0 Å². The van der Waals surface area contributed by atoms with Crippen molar-refractivity contribution in [2.75, 3.05) is 0 Å². The van der Waals surface area contributed by atoms with E-state index in [-0.39, 0.29) is 0 Å². The van der Waals surface area contributed by atoms with E-state index in [9.17, 15) is 0 Å². The van der Waals surface area contributed by atoms with Gasteiger partial charge >= 0.3 is 0 Å². The van der Waals surface area contributed by atoms with Crippen molar-refractivity contribution >= 4 is 0 Å². The van der Waals surface area contributed by atoms with Gasteiger partial charge in [-0.15, -0.1) is 0 Å². The number of aryl methyl sites for hydroxylation is 2. The lowest BCUT2D eigenvalue weighted by molar-refractivity contribution is -0.954. The maximum Gasteiger partial charge on any atom is 0.118 e. The van der Waals surface area contributed by atoms with Crippen LogP contribution in [0.2, 0.25) is 0 Å². The Morgan fingerprint density at radius 3 is 2.07 bits per heavy atom. The van der Waals surface area contributed by atoms with Gasteiger partial charge in [-0.25, -0.2) is 0 Å². The molecule has 1 aromatic heterocycles. The SMILES string of the molecule is Cc1cccc(Cn2cccc2C[NH+](Cc2cccc(C)c2)[C@H](C)C(C)C)c1. The summed E-state index contributed by atoms with van der Waals surface area (Å²) in [5, 5.41) is 0. The number of nitrogens with zero attached hydrogens (tertiary/aromatic N) is 1. The third kappa shape index (κ3) is 5.36. The van der Waals surface area contributed by atoms with E-state index in [0.717, 1.165) is 19.6 Å². The van der Waals surface area contributed by atoms with Crippen LogP contribution in [-0.4, -0.2) is 10.6 Å². The monoisotopic (exact) mass is 375 g/mol. The van der Waals surface area contributed by atoms with E-state index in [1.807, 2.05) is 0 Å². The number of nitrogens with one attached hydrogen (secondary N) is 1. The maximum atomic E-state index is 2.41. The topological polar surface area (TPSA) is 9.37 Å². The van der Waals surface area contributed by atoms with Crippen molar-refractivity contribution in [3.8, 4) is 0 Å². The molecule has 2 atom stereocenters. The quantitative estimate of drug-likeness (QED) is 0.580. The van der Waals surface area contributed by atoms with Gasteiger partial charge in [0.2, 0.25) is 0 Å². The first-order valence-corrected chi connectivity index (χ1v) is 10.5. The molecule has 1 heterocycles. The van der Waals surface area contributed by atoms with Gasteiger partial charge in [0.25, 0.3) is 0 Å². The van der Waals surface area contributed by atoms with E-state index >= 15 is 0 Å². The molecule has 0 aliphatic carbocycles. The highest BCUT2D eigenvalue weighted by Crippen LogP contribution is 2.11. The molecule has 1 unspecified atom stereocenters. The van der Waals surface area contributed by atoms with Crippen molar-refractivity contribution in [3.05, 3.63) is 94.8 Å². The fourth-order valence-corrected chi connectivity index (χ4v) is 3.94. The Bertz CT molecular complexity index is 891. The fraction of sp³-hybridized carbons (Fsp3) is 0.385. The van der Waals surface area contributed by atoms with Gasteiger partial charge < -0.3 is 9.47 Å². The molecule has 3 aromatic rings. The smallest absolute Gasteiger partial charge is 0.118 e. The lowest BCUT2D eigenvalue weighted by Gasteiger charge is -2.29. The van der Waals surface area contributed by atoms with E-state index in [4.69, 9.17) is 0 Å². The molecule has 0 radical (unpaired) electrons. The highest BCUT2D eigenvalue weighted by molar-refractivity contribution is 5.24. The molecular formula is C26H35N2+. The van der Waals surface area contributed by atoms with E-state index < -0.39 is 0 Å². The Hall–Kier alpha value is -2.32. The summed E-state index contributed by atoms with van der Waals surface area (Å²) < 4.78 is 2.41. The van der Waals surface area contributed by atoms with Gasteiger partial charge in [0.15, 0.2) is 0 Å². The third-order valence-electron chi connectivity index (χ3n) is 5.92. The van der Waals surface area contributed by atoms with Crippen LogP contribution < -0.4 is 4.90 Å². The summed E-state index contributed by atoms with van der Waals surface area (Å²) in [7, 11) is 0. The van der Waals surface area contributed by atoms with Crippen molar-refractivity contribution in [2.45, 2.75) is 60.3 Å². The third-order valence-corrected chi connectivity index (χ3v) is 5.92. The molecular weight excluding hydrogens is 340 g/mol. The van der Waals surface area contributed by atoms with E-state index in [0.29, 0.717) is 12.0 Å². The molecule has 28 heavy (non-hydrogen) atoms. The van der Waals surface area contributed by atoms with Crippen LogP contribution in [0.5, 0.6) is 0 Å². The number of quaternary nitrogens is 1. The van der Waals surface area contributed by atoms with Gasteiger partial charge in [-0.3, -0.25) is 0 Å². The zero-order valence-electron chi connectivity index (χ0n) is 18.1. The predicted octanol–water partition coefficient (Wildman–Crippen LogP) is 4.78. The van der Waals surface area contributed by atoms with Gasteiger partial charge in [-0.1, -0.05) is 73.5 Å². The molecule has 0 saturated carbocycles. The predicted molar refractivity (Wildman–Crippen MR) is 119 cm³/mol. The van der Waals surface area contributed by atoms with Crippen molar-refractivity contribution in [3.63, 3.8) is 0 Å². The molecule has 2 aromatic carbocycles. The summed E-state index contributed by atoms with van der Waals surface area (Å²) >= 11 is 0. The average Bonchev–Trinajstić information content (AvgIpc) is 3.07. The van der Waals surface area contributed by atoms with Crippen molar-refractivity contribution in [1.82, 2.24) is 4.57 Å². The minimum absolute atomic E-state index is 0.600. The Balaban J connectivity index is 1.80. The molecule has 1 N–H and O–H groups in total. The standard InChI is InChI=1S/C26H34N2/c1-20(2)23(5)28(18-25-12-7-10-22(4)16-25)19-26-13-8-14-27(26)17-24-11-6-9-21(3)15-24/h6-16,20,23H,17-19H2,1-5H3/p+1/t23-/m1/s1. The summed E-state index contributed by atoms with van der Waals surface area (Å²) in [5.41, 5.74) is 6.88.